The molecular weight excluding hydrogens is 489 g/mol. The van der Waals surface area contributed by atoms with Crippen LogP contribution >= 0.6 is 24.0 Å². The molecule has 7 heteroatoms. The summed E-state index contributed by atoms with van der Waals surface area (Å²) in [5.41, 5.74) is 2.34. The highest BCUT2D eigenvalue weighted by atomic mass is 127. The van der Waals surface area contributed by atoms with Crippen LogP contribution in [-0.2, 0) is 17.9 Å². The van der Waals surface area contributed by atoms with E-state index in [-0.39, 0.29) is 42.0 Å². The zero-order valence-corrected chi connectivity index (χ0v) is 21.6. The number of guanidine groups is 1. The smallest absolute Gasteiger partial charge is 0.239 e. The molecule has 0 bridgehead atoms. The van der Waals surface area contributed by atoms with Crippen LogP contribution in [0.1, 0.15) is 65.0 Å². The summed E-state index contributed by atoms with van der Waals surface area (Å²) in [5.74, 6) is 0.625. The highest BCUT2D eigenvalue weighted by molar-refractivity contribution is 14.0. The fourth-order valence-electron chi connectivity index (χ4n) is 3.61. The Kier molecular flexibility index (Phi) is 11.7. The molecule has 0 aromatic heterocycles. The number of piperidine rings is 1. The number of rotatable bonds is 7. The molecule has 0 aliphatic carbocycles. The Balaban J connectivity index is 0.00000450. The molecule has 1 aliphatic heterocycles. The fraction of sp³-hybridized carbons (Fsp3) is 0.652. The van der Waals surface area contributed by atoms with Crippen molar-refractivity contribution in [1.29, 1.82) is 0 Å². The van der Waals surface area contributed by atoms with E-state index in [2.05, 4.69) is 52.0 Å². The Morgan fingerprint density at radius 1 is 1.17 bits per heavy atom. The maximum atomic E-state index is 12.1. The number of hydrogen-bond donors (Lipinski definition) is 3. The van der Waals surface area contributed by atoms with Crippen LogP contribution in [0.25, 0.3) is 0 Å². The quantitative estimate of drug-likeness (QED) is 0.287. The van der Waals surface area contributed by atoms with Gasteiger partial charge in [-0.3, -0.25) is 9.69 Å². The van der Waals surface area contributed by atoms with E-state index in [9.17, 15) is 4.79 Å². The molecule has 1 atom stereocenters. The van der Waals surface area contributed by atoms with Crippen LogP contribution in [0, 0.1) is 0 Å². The van der Waals surface area contributed by atoms with Crippen LogP contribution in [0.2, 0.25) is 0 Å². The second-order valence-corrected chi connectivity index (χ2v) is 8.93. The summed E-state index contributed by atoms with van der Waals surface area (Å²) in [7, 11) is 0. The molecule has 1 aromatic carbocycles. The van der Waals surface area contributed by atoms with E-state index >= 15 is 0 Å². The molecule has 1 saturated heterocycles. The van der Waals surface area contributed by atoms with Gasteiger partial charge >= 0.3 is 0 Å². The third kappa shape index (κ3) is 9.64. The molecule has 0 radical (unpaired) electrons. The summed E-state index contributed by atoms with van der Waals surface area (Å²) in [6.07, 6.45) is 3.91. The van der Waals surface area contributed by atoms with E-state index < -0.39 is 0 Å². The molecule has 3 N–H and O–H groups in total. The first-order chi connectivity index (χ1) is 13.8. The monoisotopic (exact) mass is 529 g/mol. The van der Waals surface area contributed by atoms with E-state index in [1.807, 2.05) is 27.7 Å². The van der Waals surface area contributed by atoms with Crippen LogP contribution in [0.5, 0.6) is 0 Å². The first-order valence-electron chi connectivity index (χ1n) is 10.9. The molecule has 1 aliphatic rings. The summed E-state index contributed by atoms with van der Waals surface area (Å²) in [6, 6.07) is 9.19. The number of nitrogens with zero attached hydrogens (tertiary/aromatic N) is 2. The van der Waals surface area contributed by atoms with E-state index in [1.54, 1.807) is 0 Å². The third-order valence-corrected chi connectivity index (χ3v) is 5.11. The second-order valence-electron chi connectivity index (χ2n) is 8.93. The van der Waals surface area contributed by atoms with Gasteiger partial charge in [-0.25, -0.2) is 4.99 Å². The van der Waals surface area contributed by atoms with Gasteiger partial charge in [0.2, 0.25) is 5.91 Å². The van der Waals surface area contributed by atoms with Gasteiger partial charge in [-0.15, -0.1) is 24.0 Å². The van der Waals surface area contributed by atoms with Crippen LogP contribution in [0.4, 0.5) is 0 Å². The second kappa shape index (κ2) is 13.1. The Hall–Kier alpha value is -1.35. The Morgan fingerprint density at radius 3 is 2.50 bits per heavy atom. The average Bonchev–Trinajstić information content (AvgIpc) is 2.65. The number of hydrogen-bond acceptors (Lipinski definition) is 3. The number of halogens is 1. The van der Waals surface area contributed by atoms with Gasteiger partial charge in [-0.05, 0) is 65.1 Å². The van der Waals surface area contributed by atoms with E-state index in [0.29, 0.717) is 18.5 Å². The average molecular weight is 530 g/mol. The van der Waals surface area contributed by atoms with E-state index in [4.69, 9.17) is 4.99 Å². The van der Waals surface area contributed by atoms with Crippen molar-refractivity contribution in [2.45, 2.75) is 78.6 Å². The molecule has 1 heterocycles. The van der Waals surface area contributed by atoms with Crippen molar-refractivity contribution < 1.29 is 4.79 Å². The van der Waals surface area contributed by atoms with Gasteiger partial charge in [-0.1, -0.05) is 30.7 Å². The van der Waals surface area contributed by atoms with Gasteiger partial charge < -0.3 is 16.0 Å². The molecule has 6 nitrogen and oxygen atoms in total. The predicted octanol–water partition coefficient (Wildman–Crippen LogP) is 3.65. The maximum absolute atomic E-state index is 12.1. The zero-order valence-electron chi connectivity index (χ0n) is 19.3. The predicted molar refractivity (Wildman–Crippen MR) is 136 cm³/mol. The Bertz CT molecular complexity index is 686. The van der Waals surface area contributed by atoms with Crippen molar-refractivity contribution in [2.75, 3.05) is 19.6 Å². The summed E-state index contributed by atoms with van der Waals surface area (Å²) in [6.45, 7) is 14.0. The number of aliphatic imine (C=N–C) groups is 1. The normalized spacial score (nSPS) is 17.8. The minimum atomic E-state index is -0.237. The van der Waals surface area contributed by atoms with Gasteiger partial charge in [0.25, 0.3) is 0 Å². The minimum Gasteiger partial charge on any atom is -0.357 e. The van der Waals surface area contributed by atoms with E-state index in [1.165, 1.54) is 36.9 Å². The van der Waals surface area contributed by atoms with Crippen molar-refractivity contribution in [3.05, 3.63) is 35.4 Å². The summed E-state index contributed by atoms with van der Waals surface area (Å²) in [4.78, 5) is 19.4. The van der Waals surface area contributed by atoms with Crippen molar-refractivity contribution in [1.82, 2.24) is 20.9 Å². The first-order valence-corrected chi connectivity index (χ1v) is 10.9. The molecule has 30 heavy (non-hydrogen) atoms. The van der Waals surface area contributed by atoms with Gasteiger partial charge in [0.15, 0.2) is 5.96 Å². The molecule has 0 spiro atoms. The standard InChI is InChI=1S/C23H39N5O.HI/c1-6-24-22(26-16-21(29)27-23(3,4)5)25-15-19-12-7-8-13-20(19)17-28-14-10-9-11-18(28)2;/h7-8,12-13,18H,6,9-11,14-17H2,1-5H3,(H,27,29)(H2,24,25,26);1H. The van der Waals surface area contributed by atoms with Crippen molar-refractivity contribution in [3.8, 4) is 0 Å². The Morgan fingerprint density at radius 2 is 1.87 bits per heavy atom. The fourth-order valence-corrected chi connectivity index (χ4v) is 3.61. The zero-order chi connectivity index (χ0) is 21.3. The summed E-state index contributed by atoms with van der Waals surface area (Å²) in [5, 5.41) is 9.32. The van der Waals surface area contributed by atoms with Crippen LogP contribution in [-0.4, -0.2) is 48.0 Å². The molecule has 1 amide bonds. The molecule has 0 saturated carbocycles. The molecular formula is C23H40IN5O. The number of likely N-dealkylation sites (tertiary alicyclic amines) is 1. The lowest BCUT2D eigenvalue weighted by molar-refractivity contribution is -0.121. The van der Waals surface area contributed by atoms with Crippen molar-refractivity contribution in [3.63, 3.8) is 0 Å². The van der Waals surface area contributed by atoms with Crippen molar-refractivity contribution >= 4 is 35.8 Å². The Labute approximate surface area is 199 Å². The maximum Gasteiger partial charge on any atom is 0.239 e. The number of carbonyl (C=O) groups is 1. The lowest BCUT2D eigenvalue weighted by Gasteiger charge is -2.33. The molecule has 170 valence electrons. The summed E-state index contributed by atoms with van der Waals surface area (Å²) < 4.78 is 0. The van der Waals surface area contributed by atoms with Crippen LogP contribution < -0.4 is 16.0 Å². The van der Waals surface area contributed by atoms with Gasteiger partial charge in [0.05, 0.1) is 13.1 Å². The summed E-state index contributed by atoms with van der Waals surface area (Å²) >= 11 is 0. The highest BCUT2D eigenvalue weighted by Gasteiger charge is 2.19. The van der Waals surface area contributed by atoms with Crippen molar-refractivity contribution in [2.24, 2.45) is 4.99 Å². The topological polar surface area (TPSA) is 68.8 Å². The molecule has 1 unspecified atom stereocenters. The molecule has 1 fully saturated rings. The number of benzene rings is 1. The van der Waals surface area contributed by atoms with Gasteiger partial charge in [-0.2, -0.15) is 0 Å². The van der Waals surface area contributed by atoms with Crippen LogP contribution in [0.3, 0.4) is 0 Å². The lowest BCUT2D eigenvalue weighted by atomic mass is 10.0. The number of nitrogens with one attached hydrogen (secondary N) is 3. The van der Waals surface area contributed by atoms with E-state index in [0.717, 1.165) is 13.1 Å². The molecule has 2 rings (SSSR count). The highest BCUT2D eigenvalue weighted by Crippen LogP contribution is 2.21. The van der Waals surface area contributed by atoms with Gasteiger partial charge in [0.1, 0.15) is 0 Å². The lowest BCUT2D eigenvalue weighted by Crippen LogP contribution is -2.48. The third-order valence-electron chi connectivity index (χ3n) is 5.11. The largest absolute Gasteiger partial charge is 0.357 e. The molecule has 1 aromatic rings. The number of carbonyl (C=O) groups excluding carboxylic acids is 1. The van der Waals surface area contributed by atoms with Gasteiger partial charge in [0, 0.05) is 24.7 Å². The first kappa shape index (κ1) is 26.7. The number of amides is 1. The minimum absolute atomic E-state index is 0. The van der Waals surface area contributed by atoms with Crippen LogP contribution in [0.15, 0.2) is 29.3 Å². The SMILES string of the molecule is CCNC(=NCc1ccccc1CN1CCCCC1C)NCC(=O)NC(C)(C)C.I.